The quantitative estimate of drug-likeness (QED) is 0.824. The summed E-state index contributed by atoms with van der Waals surface area (Å²) in [5, 5.41) is 8.95. The van der Waals surface area contributed by atoms with Crippen molar-refractivity contribution in [1.82, 2.24) is 9.21 Å². The molecule has 2 aromatic carbocycles. The van der Waals surface area contributed by atoms with Gasteiger partial charge in [0.15, 0.2) is 0 Å². The Morgan fingerprint density at radius 2 is 1.69 bits per heavy atom. The highest BCUT2D eigenvalue weighted by atomic mass is 32.2. The molecule has 134 valence electrons. The van der Waals surface area contributed by atoms with E-state index in [0.717, 1.165) is 5.56 Å². The van der Waals surface area contributed by atoms with Crippen LogP contribution in [0.5, 0.6) is 0 Å². The van der Waals surface area contributed by atoms with Crippen LogP contribution in [0.3, 0.4) is 0 Å². The lowest BCUT2D eigenvalue weighted by molar-refractivity contribution is 0.0697. The van der Waals surface area contributed by atoms with Gasteiger partial charge in [-0.2, -0.15) is 9.57 Å². The van der Waals surface area contributed by atoms with Crippen LogP contribution in [-0.4, -0.2) is 49.7 Å². The number of hydrogen-bond donors (Lipinski definition) is 0. The number of benzene rings is 2. The predicted octanol–water partition coefficient (Wildman–Crippen LogP) is 1.85. The number of nitrogens with zero attached hydrogens (tertiary/aromatic N) is 3. The number of piperazine rings is 1. The Kier molecular flexibility index (Phi) is 5.35. The molecule has 0 atom stereocenters. The first-order chi connectivity index (χ1) is 12.5. The third-order valence-corrected chi connectivity index (χ3v) is 6.20. The standard InChI is InChI=1S/C19H19N3O3S/c20-14-17-7-4-8-18(13-17)19(23)21-9-11-22(12-10-21)26(24,25)15-16-5-2-1-3-6-16/h1-8,13H,9-12,15H2. The maximum absolute atomic E-state index is 12.6. The van der Waals surface area contributed by atoms with E-state index >= 15 is 0 Å². The van der Waals surface area contributed by atoms with Gasteiger partial charge >= 0.3 is 0 Å². The van der Waals surface area contributed by atoms with Gasteiger partial charge in [0.05, 0.1) is 17.4 Å². The van der Waals surface area contributed by atoms with Crippen LogP contribution in [0, 0.1) is 11.3 Å². The molecular formula is C19H19N3O3S. The van der Waals surface area contributed by atoms with Gasteiger partial charge in [0.25, 0.3) is 5.91 Å². The van der Waals surface area contributed by atoms with E-state index in [2.05, 4.69) is 0 Å². The summed E-state index contributed by atoms with van der Waals surface area (Å²) in [4.78, 5) is 14.2. The molecule has 0 unspecified atom stereocenters. The zero-order valence-corrected chi connectivity index (χ0v) is 15.0. The van der Waals surface area contributed by atoms with Gasteiger partial charge in [-0.25, -0.2) is 8.42 Å². The lowest BCUT2D eigenvalue weighted by atomic mass is 10.1. The fourth-order valence-corrected chi connectivity index (χ4v) is 4.47. The van der Waals surface area contributed by atoms with Gasteiger partial charge < -0.3 is 4.90 Å². The predicted molar refractivity (Wildman–Crippen MR) is 97.7 cm³/mol. The Balaban J connectivity index is 1.63. The summed E-state index contributed by atoms with van der Waals surface area (Å²) in [5.74, 6) is -0.214. The van der Waals surface area contributed by atoms with Gasteiger partial charge in [-0.3, -0.25) is 4.79 Å². The Bertz CT molecular complexity index is 928. The molecule has 7 heteroatoms. The summed E-state index contributed by atoms with van der Waals surface area (Å²) in [6, 6.07) is 17.6. The van der Waals surface area contributed by atoms with Crippen molar-refractivity contribution in [3.8, 4) is 6.07 Å². The van der Waals surface area contributed by atoms with E-state index in [1.54, 1.807) is 41.3 Å². The van der Waals surface area contributed by atoms with Crippen molar-refractivity contribution in [2.45, 2.75) is 5.75 Å². The molecule has 0 radical (unpaired) electrons. The molecule has 0 saturated carbocycles. The average Bonchev–Trinajstić information content (AvgIpc) is 2.68. The van der Waals surface area contributed by atoms with Gasteiger partial charge in [0, 0.05) is 31.7 Å². The van der Waals surface area contributed by atoms with Crippen LogP contribution in [-0.2, 0) is 15.8 Å². The van der Waals surface area contributed by atoms with Gasteiger partial charge in [0.2, 0.25) is 10.0 Å². The Hall–Kier alpha value is -2.69. The van der Waals surface area contributed by atoms with Gasteiger partial charge in [0.1, 0.15) is 0 Å². The molecule has 26 heavy (non-hydrogen) atoms. The zero-order valence-electron chi connectivity index (χ0n) is 14.2. The van der Waals surface area contributed by atoms with Crippen molar-refractivity contribution in [2.75, 3.05) is 26.2 Å². The first-order valence-electron chi connectivity index (χ1n) is 8.31. The molecule has 0 N–H and O–H groups in total. The van der Waals surface area contributed by atoms with E-state index in [1.165, 1.54) is 4.31 Å². The van der Waals surface area contributed by atoms with E-state index in [4.69, 9.17) is 5.26 Å². The highest BCUT2D eigenvalue weighted by Gasteiger charge is 2.29. The number of amides is 1. The van der Waals surface area contributed by atoms with Crippen LogP contribution in [0.25, 0.3) is 0 Å². The number of rotatable bonds is 4. The van der Waals surface area contributed by atoms with E-state index in [-0.39, 0.29) is 24.7 Å². The van der Waals surface area contributed by atoms with Gasteiger partial charge in [-0.05, 0) is 23.8 Å². The summed E-state index contributed by atoms with van der Waals surface area (Å²) in [6.07, 6.45) is 0. The average molecular weight is 369 g/mol. The van der Waals surface area contributed by atoms with Crippen LogP contribution in [0.1, 0.15) is 21.5 Å². The van der Waals surface area contributed by atoms with Crippen molar-refractivity contribution in [1.29, 1.82) is 5.26 Å². The van der Waals surface area contributed by atoms with Gasteiger partial charge in [-0.15, -0.1) is 0 Å². The van der Waals surface area contributed by atoms with Crippen LogP contribution in [0.4, 0.5) is 0 Å². The fourth-order valence-electron chi connectivity index (χ4n) is 2.95. The van der Waals surface area contributed by atoms with Gasteiger partial charge in [-0.1, -0.05) is 36.4 Å². The molecule has 1 fully saturated rings. The highest BCUT2D eigenvalue weighted by molar-refractivity contribution is 7.88. The summed E-state index contributed by atoms with van der Waals surface area (Å²) in [5.41, 5.74) is 1.63. The van der Waals surface area contributed by atoms with E-state index in [0.29, 0.717) is 24.2 Å². The van der Waals surface area contributed by atoms with Crippen molar-refractivity contribution in [3.63, 3.8) is 0 Å². The maximum atomic E-state index is 12.6. The zero-order chi connectivity index (χ0) is 18.6. The van der Waals surface area contributed by atoms with Crippen LogP contribution in [0.2, 0.25) is 0 Å². The van der Waals surface area contributed by atoms with Crippen molar-refractivity contribution in [3.05, 3.63) is 71.3 Å². The molecule has 1 amide bonds. The largest absolute Gasteiger partial charge is 0.336 e. The Labute approximate surface area is 153 Å². The molecule has 0 aliphatic carbocycles. The summed E-state index contributed by atoms with van der Waals surface area (Å²) in [7, 11) is -3.41. The minimum atomic E-state index is -3.41. The monoisotopic (exact) mass is 369 g/mol. The molecule has 1 heterocycles. The van der Waals surface area contributed by atoms with E-state index in [1.807, 2.05) is 24.3 Å². The molecule has 2 aromatic rings. The maximum Gasteiger partial charge on any atom is 0.253 e. The number of nitriles is 1. The SMILES string of the molecule is N#Cc1cccc(C(=O)N2CCN(S(=O)(=O)Cc3ccccc3)CC2)c1. The smallest absolute Gasteiger partial charge is 0.253 e. The van der Waals surface area contributed by atoms with E-state index in [9.17, 15) is 13.2 Å². The minimum Gasteiger partial charge on any atom is -0.336 e. The third kappa shape index (κ3) is 4.10. The normalized spacial score (nSPS) is 15.4. The molecule has 3 rings (SSSR count). The fraction of sp³-hybridized carbons (Fsp3) is 0.263. The topological polar surface area (TPSA) is 81.5 Å². The molecule has 0 aromatic heterocycles. The molecular weight excluding hydrogens is 350 g/mol. The van der Waals surface area contributed by atoms with Crippen LogP contribution >= 0.6 is 0 Å². The van der Waals surface area contributed by atoms with Crippen molar-refractivity contribution < 1.29 is 13.2 Å². The van der Waals surface area contributed by atoms with Crippen LogP contribution < -0.4 is 0 Å². The summed E-state index contributed by atoms with van der Waals surface area (Å²) < 4.78 is 26.6. The first kappa shape index (κ1) is 18.1. The number of carbonyl (C=O) groups is 1. The Morgan fingerprint density at radius 1 is 1.00 bits per heavy atom. The number of sulfonamides is 1. The van der Waals surface area contributed by atoms with Crippen LogP contribution in [0.15, 0.2) is 54.6 Å². The Morgan fingerprint density at radius 3 is 2.35 bits per heavy atom. The molecule has 1 aliphatic rings. The molecule has 1 aliphatic heterocycles. The second kappa shape index (κ2) is 7.68. The second-order valence-electron chi connectivity index (χ2n) is 6.13. The molecule has 1 saturated heterocycles. The molecule has 6 nitrogen and oxygen atoms in total. The number of hydrogen-bond acceptors (Lipinski definition) is 4. The summed E-state index contributed by atoms with van der Waals surface area (Å²) in [6.45, 7) is 1.23. The third-order valence-electron chi connectivity index (χ3n) is 4.35. The lowest BCUT2D eigenvalue weighted by Gasteiger charge is -2.34. The van der Waals surface area contributed by atoms with Crippen molar-refractivity contribution in [2.24, 2.45) is 0 Å². The first-order valence-corrected chi connectivity index (χ1v) is 9.92. The van der Waals surface area contributed by atoms with Crippen molar-refractivity contribution >= 4 is 15.9 Å². The molecule has 0 spiro atoms. The molecule has 0 bridgehead atoms. The summed E-state index contributed by atoms with van der Waals surface area (Å²) >= 11 is 0. The van der Waals surface area contributed by atoms with E-state index < -0.39 is 10.0 Å². The number of carbonyl (C=O) groups excluding carboxylic acids is 1. The lowest BCUT2D eigenvalue weighted by Crippen LogP contribution is -2.50. The minimum absolute atomic E-state index is 0.0357. The highest BCUT2D eigenvalue weighted by Crippen LogP contribution is 2.15. The second-order valence-corrected chi connectivity index (χ2v) is 8.09.